The average Bonchev–Trinajstić information content (AvgIpc) is 2.58. The van der Waals surface area contributed by atoms with E-state index in [0.717, 1.165) is 5.56 Å². The summed E-state index contributed by atoms with van der Waals surface area (Å²) >= 11 is 9.16. The van der Waals surface area contributed by atoms with Crippen LogP contribution < -0.4 is 10.6 Å². The summed E-state index contributed by atoms with van der Waals surface area (Å²) in [5, 5.41) is 3.20. The maximum atomic E-state index is 15.3. The van der Waals surface area contributed by atoms with E-state index in [4.69, 9.17) is 11.6 Å². The highest BCUT2D eigenvalue weighted by molar-refractivity contribution is 9.10. The van der Waals surface area contributed by atoms with Crippen molar-refractivity contribution in [3.8, 4) is 11.1 Å². The summed E-state index contributed by atoms with van der Waals surface area (Å²) in [6.45, 7) is 3.07. The number of nitrogens with one attached hydrogen (secondary N) is 1. The highest BCUT2D eigenvalue weighted by atomic mass is 79.9. The Kier molecular flexibility index (Phi) is 5.47. The van der Waals surface area contributed by atoms with Crippen molar-refractivity contribution in [2.45, 2.75) is 0 Å². The molecule has 0 saturated heterocycles. The third-order valence-electron chi connectivity index (χ3n) is 3.71. The number of benzene rings is 2. The third-order valence-corrected chi connectivity index (χ3v) is 5.98. The lowest BCUT2D eigenvalue weighted by atomic mass is 10.0. The van der Waals surface area contributed by atoms with Crippen molar-refractivity contribution < 1.29 is 8.96 Å². The molecular weight excluding hydrogens is 440 g/mol. The van der Waals surface area contributed by atoms with Crippen LogP contribution in [0.3, 0.4) is 0 Å². The fourth-order valence-corrected chi connectivity index (χ4v) is 4.32. The van der Waals surface area contributed by atoms with Crippen molar-refractivity contribution >= 4 is 51.5 Å². The lowest BCUT2D eigenvalue weighted by Gasteiger charge is -2.18. The van der Waals surface area contributed by atoms with Crippen LogP contribution in [0.1, 0.15) is 0 Å². The Labute approximate surface area is 164 Å². The highest BCUT2D eigenvalue weighted by Gasteiger charge is 2.25. The molecule has 0 atom stereocenters. The Bertz CT molecular complexity index is 1010. The maximum absolute atomic E-state index is 15.3. The Hall–Kier alpha value is -1.75. The molecule has 0 radical (unpaired) electrons. The molecule has 0 aliphatic heterocycles. The number of rotatable bonds is 4. The first-order valence-corrected chi connectivity index (χ1v) is 11.4. The first-order valence-electron chi connectivity index (χ1n) is 7.66. The minimum Gasteiger partial charge on any atom is -0.338 e. The van der Waals surface area contributed by atoms with Gasteiger partial charge in [0.2, 0.25) is 5.28 Å². The molecule has 4 nitrogen and oxygen atoms in total. The van der Waals surface area contributed by atoms with Gasteiger partial charge in [-0.05, 0) is 58.6 Å². The molecule has 0 aliphatic carbocycles. The van der Waals surface area contributed by atoms with Crippen LogP contribution in [0.4, 0.5) is 15.9 Å². The van der Waals surface area contributed by atoms with Gasteiger partial charge in [-0.25, -0.2) is 9.37 Å². The van der Waals surface area contributed by atoms with Crippen LogP contribution in [0.5, 0.6) is 0 Å². The van der Waals surface area contributed by atoms with Crippen molar-refractivity contribution in [1.82, 2.24) is 9.97 Å². The number of halogens is 3. The molecule has 2 aromatic carbocycles. The fraction of sp³-hybridized carbons (Fsp3) is 0.111. The van der Waals surface area contributed by atoms with E-state index >= 15 is 4.39 Å². The van der Waals surface area contributed by atoms with Gasteiger partial charge >= 0.3 is 0 Å². The first kappa shape index (κ1) is 19.0. The molecule has 8 heteroatoms. The van der Waals surface area contributed by atoms with E-state index in [1.165, 1.54) is 19.5 Å². The van der Waals surface area contributed by atoms with E-state index < -0.39 is 13.0 Å². The van der Waals surface area contributed by atoms with E-state index in [9.17, 15) is 4.57 Å². The van der Waals surface area contributed by atoms with Crippen LogP contribution >= 0.6 is 34.7 Å². The summed E-state index contributed by atoms with van der Waals surface area (Å²) in [6.07, 6.45) is 1.49. The molecule has 1 N–H and O–H groups in total. The van der Waals surface area contributed by atoms with E-state index in [2.05, 4.69) is 31.2 Å². The molecule has 0 spiro atoms. The maximum Gasteiger partial charge on any atom is 0.224 e. The van der Waals surface area contributed by atoms with Gasteiger partial charge in [0.15, 0.2) is 0 Å². The molecule has 3 aromatic rings. The Morgan fingerprint density at radius 1 is 1.15 bits per heavy atom. The minimum atomic E-state index is -2.93. The van der Waals surface area contributed by atoms with E-state index in [1.807, 2.05) is 30.3 Å². The second kappa shape index (κ2) is 7.47. The van der Waals surface area contributed by atoms with Gasteiger partial charge in [0.05, 0.1) is 15.5 Å². The molecule has 0 fully saturated rings. The molecule has 0 amide bonds. The average molecular weight is 455 g/mol. The largest absolute Gasteiger partial charge is 0.338 e. The Balaban J connectivity index is 2.16. The molecule has 1 heterocycles. The van der Waals surface area contributed by atoms with Crippen LogP contribution in [0.15, 0.2) is 53.1 Å². The van der Waals surface area contributed by atoms with E-state index in [1.54, 1.807) is 12.1 Å². The van der Waals surface area contributed by atoms with Gasteiger partial charge in [0.1, 0.15) is 18.8 Å². The number of nitrogens with zero attached hydrogens (tertiary/aromatic N) is 2. The van der Waals surface area contributed by atoms with Gasteiger partial charge in [0.25, 0.3) is 0 Å². The predicted molar refractivity (Wildman–Crippen MR) is 109 cm³/mol. The SMILES string of the molecule is CP(C)(=O)c1c(Nc2nc(Cl)ncc2Br)ccc(-c2ccccc2)c1F. The molecule has 1 aromatic heterocycles. The van der Waals surface area contributed by atoms with Gasteiger partial charge in [0, 0.05) is 11.8 Å². The molecule has 0 saturated carbocycles. The van der Waals surface area contributed by atoms with Gasteiger partial charge in [-0.2, -0.15) is 4.98 Å². The number of hydrogen-bond donors (Lipinski definition) is 1. The normalized spacial score (nSPS) is 11.4. The smallest absolute Gasteiger partial charge is 0.224 e. The van der Waals surface area contributed by atoms with E-state index in [-0.39, 0.29) is 10.6 Å². The van der Waals surface area contributed by atoms with Crippen LogP contribution in [0.2, 0.25) is 5.28 Å². The van der Waals surface area contributed by atoms with E-state index in [0.29, 0.717) is 21.5 Å². The standard InChI is InChI=1S/C18H15BrClFN3OP/c1-26(2,25)16-14(23-17-13(19)10-22-18(20)24-17)9-8-12(15(16)21)11-6-4-3-5-7-11/h3-10H,1-2H3,(H,22,23,24). The van der Waals surface area contributed by atoms with Gasteiger partial charge in [-0.1, -0.05) is 30.3 Å². The van der Waals surface area contributed by atoms with Crippen molar-refractivity contribution in [3.05, 3.63) is 64.2 Å². The molecule has 134 valence electrons. The van der Waals surface area contributed by atoms with Gasteiger partial charge in [-0.15, -0.1) is 0 Å². The van der Waals surface area contributed by atoms with Crippen molar-refractivity contribution in [3.63, 3.8) is 0 Å². The van der Waals surface area contributed by atoms with Gasteiger partial charge < -0.3 is 9.88 Å². The molecular formula is C18H15BrClFN3OP. The lowest BCUT2D eigenvalue weighted by molar-refractivity contribution is 0.585. The molecule has 26 heavy (non-hydrogen) atoms. The first-order chi connectivity index (χ1) is 12.3. The second-order valence-electron chi connectivity index (χ2n) is 6.00. The highest BCUT2D eigenvalue weighted by Crippen LogP contribution is 2.42. The zero-order valence-electron chi connectivity index (χ0n) is 14.0. The van der Waals surface area contributed by atoms with Gasteiger partial charge in [-0.3, -0.25) is 0 Å². The predicted octanol–water partition coefficient (Wildman–Crippen LogP) is 5.69. The van der Waals surface area contributed by atoms with Crippen molar-refractivity contribution in [1.29, 1.82) is 0 Å². The zero-order chi connectivity index (χ0) is 18.9. The van der Waals surface area contributed by atoms with Crippen LogP contribution in [-0.4, -0.2) is 23.3 Å². The summed E-state index contributed by atoms with van der Waals surface area (Å²) in [5.41, 5.74) is 1.50. The topological polar surface area (TPSA) is 54.9 Å². The molecule has 3 rings (SSSR count). The third kappa shape index (κ3) is 3.98. The molecule has 0 bridgehead atoms. The summed E-state index contributed by atoms with van der Waals surface area (Å²) in [5.74, 6) is -0.141. The van der Waals surface area contributed by atoms with Crippen LogP contribution in [0, 0.1) is 5.82 Å². The summed E-state index contributed by atoms with van der Waals surface area (Å²) in [6, 6.07) is 12.5. The van der Waals surface area contributed by atoms with Crippen LogP contribution in [-0.2, 0) is 4.57 Å². The summed E-state index contributed by atoms with van der Waals surface area (Å²) in [7, 11) is -2.93. The number of hydrogen-bond acceptors (Lipinski definition) is 4. The monoisotopic (exact) mass is 453 g/mol. The number of anilines is 2. The fourth-order valence-electron chi connectivity index (χ4n) is 2.59. The summed E-state index contributed by atoms with van der Waals surface area (Å²) < 4.78 is 28.7. The Morgan fingerprint density at radius 3 is 2.50 bits per heavy atom. The van der Waals surface area contributed by atoms with Crippen molar-refractivity contribution in [2.24, 2.45) is 0 Å². The molecule has 0 unspecified atom stereocenters. The zero-order valence-corrected chi connectivity index (χ0v) is 17.2. The molecule has 0 aliphatic rings. The van der Waals surface area contributed by atoms with Crippen LogP contribution in [0.25, 0.3) is 11.1 Å². The minimum absolute atomic E-state index is 0.0507. The number of aromatic nitrogens is 2. The Morgan fingerprint density at radius 2 is 1.85 bits per heavy atom. The summed E-state index contributed by atoms with van der Waals surface area (Å²) in [4.78, 5) is 7.95. The van der Waals surface area contributed by atoms with Crippen molar-refractivity contribution in [2.75, 3.05) is 18.6 Å². The second-order valence-corrected chi connectivity index (χ2v) is 10.3. The quantitative estimate of drug-likeness (QED) is 0.406. The lowest BCUT2D eigenvalue weighted by Crippen LogP contribution is -2.16.